The molecule has 0 aliphatic heterocycles. The molecule has 3 N–H and O–H groups in total. The van der Waals surface area contributed by atoms with Crippen molar-refractivity contribution in [2.75, 3.05) is 0 Å². The molecule has 1 heterocycles. The predicted molar refractivity (Wildman–Crippen MR) is 65.6 cm³/mol. The molecule has 1 aliphatic rings. The van der Waals surface area contributed by atoms with Crippen molar-refractivity contribution in [1.82, 2.24) is 4.98 Å². The van der Waals surface area contributed by atoms with Crippen LogP contribution in [0, 0.1) is 5.95 Å². The standard InChI is InChI=1S/C9H9BrF2N2.C2HF3O2/c10-7-2-1-6(8(11)14-7)9(12)3-5(13)4-9;3-2(4,5)1(6)7/h1-2,5H,3-4,13H2;(H,6,7). The van der Waals surface area contributed by atoms with Gasteiger partial charge in [0.2, 0.25) is 5.95 Å². The van der Waals surface area contributed by atoms with Crippen molar-refractivity contribution in [2.24, 2.45) is 5.73 Å². The molecule has 0 unspecified atom stereocenters. The van der Waals surface area contributed by atoms with Gasteiger partial charge in [-0.1, -0.05) is 0 Å². The van der Waals surface area contributed by atoms with Gasteiger partial charge < -0.3 is 10.8 Å². The minimum atomic E-state index is -5.08. The Morgan fingerprint density at radius 1 is 1.43 bits per heavy atom. The predicted octanol–water partition coefficient (Wildman–Crippen LogP) is 2.90. The summed E-state index contributed by atoms with van der Waals surface area (Å²) in [4.78, 5) is 12.4. The Morgan fingerprint density at radius 2 is 1.90 bits per heavy atom. The highest BCUT2D eigenvalue weighted by Crippen LogP contribution is 2.45. The molecule has 1 aromatic rings. The fourth-order valence-corrected chi connectivity index (χ4v) is 2.03. The molecular weight excluding hydrogens is 367 g/mol. The fourth-order valence-electron chi connectivity index (χ4n) is 1.74. The van der Waals surface area contributed by atoms with Gasteiger partial charge in [0.25, 0.3) is 0 Å². The number of aromatic nitrogens is 1. The molecule has 0 atom stereocenters. The molecule has 21 heavy (non-hydrogen) atoms. The van der Waals surface area contributed by atoms with Crippen LogP contribution in [0.3, 0.4) is 0 Å². The van der Waals surface area contributed by atoms with E-state index in [1.54, 1.807) is 0 Å². The van der Waals surface area contributed by atoms with Crippen molar-refractivity contribution in [1.29, 1.82) is 0 Å². The van der Waals surface area contributed by atoms with Crippen molar-refractivity contribution >= 4 is 21.9 Å². The number of nitrogens with two attached hydrogens (primary N) is 1. The maximum Gasteiger partial charge on any atom is 0.490 e. The maximum atomic E-state index is 13.9. The number of alkyl halides is 4. The third-order valence-electron chi connectivity index (χ3n) is 2.71. The number of aliphatic carboxylic acids is 1. The van der Waals surface area contributed by atoms with Crippen LogP contribution >= 0.6 is 15.9 Å². The van der Waals surface area contributed by atoms with E-state index in [0.717, 1.165) is 0 Å². The topological polar surface area (TPSA) is 76.2 Å². The second-order valence-corrected chi connectivity index (χ2v) is 5.22. The lowest BCUT2D eigenvalue weighted by molar-refractivity contribution is -0.192. The number of hydrogen-bond donors (Lipinski definition) is 2. The lowest BCUT2D eigenvalue weighted by Crippen LogP contribution is -2.46. The van der Waals surface area contributed by atoms with Crippen LogP contribution in [0.1, 0.15) is 18.4 Å². The zero-order chi connectivity index (χ0) is 16.4. The van der Waals surface area contributed by atoms with Gasteiger partial charge in [0.15, 0.2) is 0 Å². The summed E-state index contributed by atoms with van der Waals surface area (Å²) in [5.41, 5.74) is 3.88. The van der Waals surface area contributed by atoms with E-state index in [0.29, 0.717) is 4.60 Å². The summed E-state index contributed by atoms with van der Waals surface area (Å²) in [5, 5.41) is 7.12. The molecule has 0 aromatic carbocycles. The zero-order valence-corrected chi connectivity index (χ0v) is 11.9. The molecule has 0 saturated heterocycles. The Labute approximate surface area is 124 Å². The van der Waals surface area contributed by atoms with E-state index in [4.69, 9.17) is 15.6 Å². The third kappa shape index (κ3) is 4.60. The summed E-state index contributed by atoms with van der Waals surface area (Å²) in [6.45, 7) is 0. The molecule has 0 spiro atoms. The summed E-state index contributed by atoms with van der Waals surface area (Å²) >= 11 is 3.02. The van der Waals surface area contributed by atoms with E-state index in [2.05, 4.69) is 20.9 Å². The van der Waals surface area contributed by atoms with Crippen LogP contribution in [0.4, 0.5) is 22.0 Å². The Hall–Kier alpha value is -1.29. The lowest BCUT2D eigenvalue weighted by atomic mass is 9.74. The third-order valence-corrected chi connectivity index (χ3v) is 3.15. The van der Waals surface area contributed by atoms with Crippen LogP contribution < -0.4 is 5.73 Å². The molecule has 1 aromatic heterocycles. The number of carboxylic acid groups (broad SMARTS) is 1. The quantitative estimate of drug-likeness (QED) is 0.583. The van der Waals surface area contributed by atoms with Crippen LogP contribution in [0.5, 0.6) is 0 Å². The molecule has 118 valence electrons. The van der Waals surface area contributed by atoms with Crippen molar-refractivity contribution in [2.45, 2.75) is 30.7 Å². The van der Waals surface area contributed by atoms with Crippen LogP contribution in [0.2, 0.25) is 0 Å². The van der Waals surface area contributed by atoms with E-state index in [1.165, 1.54) is 12.1 Å². The van der Waals surface area contributed by atoms with Crippen molar-refractivity contribution in [3.05, 3.63) is 28.2 Å². The molecule has 0 bridgehead atoms. The van der Waals surface area contributed by atoms with Crippen LogP contribution in [-0.2, 0) is 10.5 Å². The minimum Gasteiger partial charge on any atom is -0.475 e. The first-order valence-electron chi connectivity index (χ1n) is 5.53. The Balaban J connectivity index is 0.000000270. The largest absolute Gasteiger partial charge is 0.490 e. The highest BCUT2D eigenvalue weighted by Gasteiger charge is 2.46. The number of nitrogens with zero attached hydrogens (tertiary/aromatic N) is 1. The van der Waals surface area contributed by atoms with Crippen molar-refractivity contribution in [3.63, 3.8) is 0 Å². The molecule has 2 rings (SSSR count). The number of pyridine rings is 1. The van der Waals surface area contributed by atoms with E-state index in [-0.39, 0.29) is 24.4 Å². The molecule has 1 fully saturated rings. The summed E-state index contributed by atoms with van der Waals surface area (Å²) in [6.07, 6.45) is -4.74. The molecule has 4 nitrogen and oxygen atoms in total. The minimum absolute atomic E-state index is 0.0161. The van der Waals surface area contributed by atoms with Gasteiger partial charge in [0.05, 0.1) is 0 Å². The number of hydrogen-bond acceptors (Lipinski definition) is 3. The van der Waals surface area contributed by atoms with Gasteiger partial charge >= 0.3 is 12.1 Å². The molecular formula is C11H10BrF5N2O2. The fraction of sp³-hybridized carbons (Fsp3) is 0.455. The van der Waals surface area contributed by atoms with Crippen LogP contribution in [0.15, 0.2) is 16.7 Å². The monoisotopic (exact) mass is 376 g/mol. The number of halogens is 6. The first-order chi connectivity index (χ1) is 9.45. The first-order valence-corrected chi connectivity index (χ1v) is 6.32. The van der Waals surface area contributed by atoms with Crippen molar-refractivity contribution < 1.29 is 31.9 Å². The summed E-state index contributed by atoms with van der Waals surface area (Å²) < 4.78 is 59.3. The van der Waals surface area contributed by atoms with Gasteiger partial charge in [-0.05, 0) is 28.1 Å². The van der Waals surface area contributed by atoms with Crippen LogP contribution in [-0.4, -0.2) is 28.3 Å². The zero-order valence-electron chi connectivity index (χ0n) is 10.3. The van der Waals surface area contributed by atoms with Gasteiger partial charge in [0.1, 0.15) is 10.3 Å². The Bertz CT molecular complexity index is 532. The first kappa shape index (κ1) is 17.8. The van der Waals surface area contributed by atoms with E-state index >= 15 is 0 Å². The second kappa shape index (κ2) is 6.22. The number of carboxylic acids is 1. The van der Waals surface area contributed by atoms with Gasteiger partial charge in [0, 0.05) is 24.4 Å². The van der Waals surface area contributed by atoms with Gasteiger partial charge in [-0.2, -0.15) is 17.6 Å². The number of rotatable bonds is 1. The lowest BCUT2D eigenvalue weighted by Gasteiger charge is -2.39. The Kier molecular flexibility index (Phi) is 5.26. The maximum absolute atomic E-state index is 13.9. The second-order valence-electron chi connectivity index (χ2n) is 4.41. The average Bonchev–Trinajstić information content (AvgIpc) is 2.26. The SMILES string of the molecule is NC1CC(F)(c2ccc(Br)nc2F)C1.O=C(O)C(F)(F)F. The van der Waals surface area contributed by atoms with Gasteiger partial charge in [-0.3, -0.25) is 0 Å². The summed E-state index contributed by atoms with van der Waals surface area (Å²) in [7, 11) is 0. The average molecular weight is 377 g/mol. The summed E-state index contributed by atoms with van der Waals surface area (Å²) in [5.74, 6) is -3.51. The summed E-state index contributed by atoms with van der Waals surface area (Å²) in [6, 6.07) is 2.78. The van der Waals surface area contributed by atoms with E-state index in [1.807, 2.05) is 0 Å². The molecule has 0 amide bonds. The molecule has 10 heteroatoms. The highest BCUT2D eigenvalue weighted by molar-refractivity contribution is 9.10. The van der Waals surface area contributed by atoms with E-state index < -0.39 is 23.8 Å². The van der Waals surface area contributed by atoms with Crippen LogP contribution in [0.25, 0.3) is 0 Å². The normalized spacial score (nSPS) is 24.6. The van der Waals surface area contributed by atoms with Crippen molar-refractivity contribution in [3.8, 4) is 0 Å². The van der Waals surface area contributed by atoms with E-state index in [9.17, 15) is 22.0 Å². The number of carbonyl (C=O) groups is 1. The molecule has 1 saturated carbocycles. The molecule has 1 aliphatic carbocycles. The molecule has 0 radical (unpaired) electrons. The highest BCUT2D eigenvalue weighted by atomic mass is 79.9. The van der Waals surface area contributed by atoms with Gasteiger partial charge in [-0.15, -0.1) is 0 Å². The van der Waals surface area contributed by atoms with Gasteiger partial charge in [-0.25, -0.2) is 14.2 Å². The Morgan fingerprint density at radius 3 is 2.24 bits per heavy atom. The smallest absolute Gasteiger partial charge is 0.475 e.